The van der Waals surface area contributed by atoms with Crippen molar-refractivity contribution in [2.24, 2.45) is 0 Å². The van der Waals surface area contributed by atoms with Gasteiger partial charge in [-0.25, -0.2) is 8.42 Å². The Labute approximate surface area is 98.5 Å². The summed E-state index contributed by atoms with van der Waals surface area (Å²) in [5.41, 5.74) is 0. The average molecular weight is 282 g/mol. The van der Waals surface area contributed by atoms with E-state index in [1.807, 2.05) is 0 Å². The summed E-state index contributed by atoms with van der Waals surface area (Å²) >= 11 is 5.35. The van der Waals surface area contributed by atoms with E-state index in [1.54, 1.807) is 0 Å². The first-order valence-corrected chi connectivity index (χ1v) is 7.11. The summed E-state index contributed by atoms with van der Waals surface area (Å²) in [4.78, 5) is 1.00. The first kappa shape index (κ1) is 16.0. The summed E-state index contributed by atoms with van der Waals surface area (Å²) in [5, 5.41) is 0. The zero-order chi connectivity index (χ0) is 12.8. The van der Waals surface area contributed by atoms with Crippen molar-refractivity contribution < 1.29 is 21.6 Å². The molecule has 0 heterocycles. The van der Waals surface area contributed by atoms with E-state index in [1.165, 1.54) is 6.92 Å². The predicted octanol–water partition coefficient (Wildman–Crippen LogP) is 1.52. The minimum atomic E-state index is -4.33. The fourth-order valence-corrected chi connectivity index (χ4v) is 2.12. The van der Waals surface area contributed by atoms with Gasteiger partial charge >= 0.3 is 6.18 Å². The van der Waals surface area contributed by atoms with Gasteiger partial charge in [0.25, 0.3) is 0 Å². The van der Waals surface area contributed by atoms with Gasteiger partial charge in [-0.1, -0.05) is 6.92 Å². The number of halogens is 4. The van der Waals surface area contributed by atoms with Crippen LogP contribution in [-0.4, -0.2) is 56.5 Å². The van der Waals surface area contributed by atoms with E-state index in [0.29, 0.717) is 0 Å². The minimum absolute atomic E-state index is 0.0281. The summed E-state index contributed by atoms with van der Waals surface area (Å²) in [6.45, 7) is 0.229. The lowest BCUT2D eigenvalue weighted by molar-refractivity contribution is -0.144. The molecular formula is C8H15ClF3NO2S. The molecule has 0 rings (SSSR count). The molecule has 0 unspecified atom stereocenters. The van der Waals surface area contributed by atoms with Crippen molar-refractivity contribution >= 4 is 21.4 Å². The van der Waals surface area contributed by atoms with Crippen LogP contribution in [0.2, 0.25) is 0 Å². The van der Waals surface area contributed by atoms with Crippen LogP contribution in [-0.2, 0) is 9.84 Å². The second-order valence-electron chi connectivity index (χ2n) is 3.32. The molecule has 98 valence electrons. The lowest BCUT2D eigenvalue weighted by atomic mass is 10.4. The maximum atomic E-state index is 12.1. The van der Waals surface area contributed by atoms with E-state index in [0.717, 1.165) is 4.90 Å². The van der Waals surface area contributed by atoms with Gasteiger partial charge in [-0.05, 0) is 0 Å². The first-order chi connectivity index (χ1) is 7.20. The topological polar surface area (TPSA) is 37.4 Å². The molecule has 0 atom stereocenters. The van der Waals surface area contributed by atoms with Gasteiger partial charge < -0.3 is 0 Å². The summed E-state index contributed by atoms with van der Waals surface area (Å²) in [5.74, 6) is -0.285. The van der Waals surface area contributed by atoms with Crippen LogP contribution in [0.15, 0.2) is 0 Å². The monoisotopic (exact) mass is 281 g/mol. The summed E-state index contributed by atoms with van der Waals surface area (Å²) in [6.07, 6.45) is -4.33. The lowest BCUT2D eigenvalue weighted by Gasteiger charge is -2.22. The van der Waals surface area contributed by atoms with Crippen molar-refractivity contribution in [1.82, 2.24) is 4.90 Å². The maximum Gasteiger partial charge on any atom is 0.401 e. The number of hydrogen-bond donors (Lipinski definition) is 0. The number of nitrogens with zero attached hydrogens (tertiary/aromatic N) is 1. The van der Waals surface area contributed by atoms with E-state index in [-0.39, 0.29) is 30.5 Å². The van der Waals surface area contributed by atoms with Gasteiger partial charge in [0.05, 0.1) is 12.3 Å². The number of alkyl halides is 4. The summed E-state index contributed by atoms with van der Waals surface area (Å²) in [6, 6.07) is 0. The van der Waals surface area contributed by atoms with Crippen molar-refractivity contribution in [3.05, 3.63) is 0 Å². The molecule has 0 N–H and O–H groups in total. The Bertz CT molecular complexity index is 292. The summed E-state index contributed by atoms with van der Waals surface area (Å²) < 4.78 is 58.6. The minimum Gasteiger partial charge on any atom is -0.293 e. The molecule has 0 fully saturated rings. The quantitative estimate of drug-likeness (QED) is 0.664. The molecule has 0 aromatic rings. The Morgan fingerprint density at radius 1 is 1.25 bits per heavy atom. The SMILES string of the molecule is CCS(=O)(=O)CCN(CCCl)CC(F)(F)F. The van der Waals surface area contributed by atoms with Gasteiger partial charge in [-0.15, -0.1) is 11.6 Å². The molecule has 0 saturated heterocycles. The van der Waals surface area contributed by atoms with Crippen LogP contribution in [0.25, 0.3) is 0 Å². The van der Waals surface area contributed by atoms with Crippen molar-refractivity contribution in [3.63, 3.8) is 0 Å². The fourth-order valence-electron chi connectivity index (χ4n) is 1.06. The Kier molecular flexibility index (Phi) is 6.65. The zero-order valence-corrected chi connectivity index (χ0v) is 10.5. The van der Waals surface area contributed by atoms with E-state index in [2.05, 4.69) is 0 Å². The Hall–Kier alpha value is -0.0100. The third kappa shape index (κ3) is 8.18. The standard InChI is InChI=1S/C8H15ClF3NO2S/c1-2-16(14,15)6-5-13(4-3-9)7-8(10,11)12/h2-7H2,1H3. The number of rotatable bonds is 7. The normalized spacial score (nSPS) is 13.4. The molecular weight excluding hydrogens is 267 g/mol. The van der Waals surface area contributed by atoms with Gasteiger partial charge in [0, 0.05) is 24.7 Å². The first-order valence-electron chi connectivity index (χ1n) is 4.75. The molecule has 0 spiro atoms. The van der Waals surface area contributed by atoms with Crippen LogP contribution >= 0.6 is 11.6 Å². The molecule has 0 saturated carbocycles. The highest BCUT2D eigenvalue weighted by molar-refractivity contribution is 7.91. The number of hydrogen-bond acceptors (Lipinski definition) is 3. The molecule has 0 aromatic heterocycles. The second-order valence-corrected chi connectivity index (χ2v) is 6.17. The number of sulfone groups is 1. The Morgan fingerprint density at radius 3 is 2.19 bits per heavy atom. The van der Waals surface area contributed by atoms with Gasteiger partial charge in [-0.3, -0.25) is 4.90 Å². The smallest absolute Gasteiger partial charge is 0.293 e. The molecule has 0 radical (unpaired) electrons. The molecule has 0 aromatic carbocycles. The second kappa shape index (κ2) is 6.66. The largest absolute Gasteiger partial charge is 0.401 e. The van der Waals surface area contributed by atoms with Crippen molar-refractivity contribution in [1.29, 1.82) is 0 Å². The third-order valence-electron chi connectivity index (χ3n) is 1.96. The van der Waals surface area contributed by atoms with E-state index < -0.39 is 22.6 Å². The molecule has 16 heavy (non-hydrogen) atoms. The van der Waals surface area contributed by atoms with Crippen LogP contribution in [0.4, 0.5) is 13.2 Å². The van der Waals surface area contributed by atoms with Gasteiger partial charge in [0.1, 0.15) is 0 Å². The molecule has 0 aliphatic rings. The molecule has 0 aliphatic heterocycles. The van der Waals surface area contributed by atoms with Gasteiger partial charge in [0.2, 0.25) is 0 Å². The highest BCUT2D eigenvalue weighted by Gasteiger charge is 2.30. The van der Waals surface area contributed by atoms with Crippen molar-refractivity contribution in [2.75, 3.05) is 37.0 Å². The fraction of sp³-hybridized carbons (Fsp3) is 1.00. The average Bonchev–Trinajstić information content (AvgIpc) is 2.13. The molecule has 0 amide bonds. The van der Waals surface area contributed by atoms with Crippen LogP contribution in [0.1, 0.15) is 6.92 Å². The third-order valence-corrected chi connectivity index (χ3v) is 3.82. The van der Waals surface area contributed by atoms with Crippen LogP contribution < -0.4 is 0 Å². The van der Waals surface area contributed by atoms with E-state index in [4.69, 9.17) is 11.6 Å². The molecule has 3 nitrogen and oxygen atoms in total. The van der Waals surface area contributed by atoms with Gasteiger partial charge in [-0.2, -0.15) is 13.2 Å². The maximum absolute atomic E-state index is 12.1. The Morgan fingerprint density at radius 2 is 1.81 bits per heavy atom. The Balaban J connectivity index is 4.24. The van der Waals surface area contributed by atoms with E-state index in [9.17, 15) is 21.6 Å². The highest BCUT2D eigenvalue weighted by atomic mass is 35.5. The van der Waals surface area contributed by atoms with Crippen LogP contribution in [0.5, 0.6) is 0 Å². The van der Waals surface area contributed by atoms with Crippen molar-refractivity contribution in [2.45, 2.75) is 13.1 Å². The van der Waals surface area contributed by atoms with Crippen molar-refractivity contribution in [3.8, 4) is 0 Å². The van der Waals surface area contributed by atoms with Gasteiger partial charge in [0.15, 0.2) is 9.84 Å². The molecule has 0 bridgehead atoms. The summed E-state index contributed by atoms with van der Waals surface area (Å²) in [7, 11) is -3.24. The van der Waals surface area contributed by atoms with E-state index >= 15 is 0 Å². The van der Waals surface area contributed by atoms with Crippen LogP contribution in [0.3, 0.4) is 0 Å². The highest BCUT2D eigenvalue weighted by Crippen LogP contribution is 2.16. The lowest BCUT2D eigenvalue weighted by Crippen LogP contribution is -2.38. The predicted molar refractivity (Wildman–Crippen MR) is 57.5 cm³/mol. The molecule has 0 aliphatic carbocycles. The molecule has 8 heteroatoms. The van der Waals surface area contributed by atoms with Crippen LogP contribution in [0, 0.1) is 0 Å². The zero-order valence-electron chi connectivity index (χ0n) is 8.93.